The van der Waals surface area contributed by atoms with Crippen LogP contribution in [-0.4, -0.2) is 24.1 Å². The molecule has 1 fully saturated rings. The van der Waals surface area contributed by atoms with Gasteiger partial charge in [-0.15, -0.1) is 0 Å². The zero-order valence-corrected chi connectivity index (χ0v) is 11.7. The van der Waals surface area contributed by atoms with Crippen molar-refractivity contribution in [2.24, 2.45) is 5.41 Å². The van der Waals surface area contributed by atoms with Crippen molar-refractivity contribution in [3.8, 4) is 0 Å². The number of amides is 1. The fourth-order valence-electron chi connectivity index (χ4n) is 2.43. The number of hydrogen-bond donors (Lipinski definition) is 1. The molecule has 1 aliphatic heterocycles. The molecule has 0 atom stereocenters. The largest absolute Gasteiger partial charge is 0.445 e. The van der Waals surface area contributed by atoms with Crippen molar-refractivity contribution in [3.05, 3.63) is 29.8 Å². The van der Waals surface area contributed by atoms with Gasteiger partial charge in [-0.05, 0) is 36.0 Å². The molecule has 0 radical (unpaired) electrons. The van der Waals surface area contributed by atoms with E-state index >= 15 is 0 Å². The summed E-state index contributed by atoms with van der Waals surface area (Å²) < 4.78 is 5.35. The normalized spacial score (nSPS) is 18.1. The Morgan fingerprint density at radius 1 is 1.37 bits per heavy atom. The molecule has 1 saturated heterocycles. The van der Waals surface area contributed by atoms with Crippen LogP contribution in [0.2, 0.25) is 0 Å². The third-order valence-corrected chi connectivity index (χ3v) is 3.50. The van der Waals surface area contributed by atoms with Gasteiger partial charge in [0.05, 0.1) is 0 Å². The van der Waals surface area contributed by atoms with E-state index in [9.17, 15) is 4.79 Å². The zero-order chi connectivity index (χ0) is 13.9. The number of nitrogen functional groups attached to an aromatic ring is 1. The van der Waals surface area contributed by atoms with Crippen molar-refractivity contribution in [1.29, 1.82) is 0 Å². The predicted octanol–water partition coefficient (Wildman–Crippen LogP) is 3.03. The van der Waals surface area contributed by atoms with Gasteiger partial charge < -0.3 is 15.4 Å². The van der Waals surface area contributed by atoms with Gasteiger partial charge in [-0.1, -0.05) is 26.0 Å². The van der Waals surface area contributed by atoms with E-state index in [1.54, 1.807) is 4.90 Å². The molecule has 0 saturated carbocycles. The highest BCUT2D eigenvalue weighted by Crippen LogP contribution is 2.28. The number of anilines is 1. The first-order valence-electron chi connectivity index (χ1n) is 6.72. The SMILES string of the molecule is CC1(C)CCCN(C(=O)OCc2ccc(N)cc2)C1. The van der Waals surface area contributed by atoms with Crippen molar-refractivity contribution in [2.75, 3.05) is 18.8 Å². The van der Waals surface area contributed by atoms with Crippen LogP contribution in [0.15, 0.2) is 24.3 Å². The highest BCUT2D eigenvalue weighted by atomic mass is 16.6. The minimum absolute atomic E-state index is 0.193. The summed E-state index contributed by atoms with van der Waals surface area (Å²) in [5.41, 5.74) is 7.48. The summed E-state index contributed by atoms with van der Waals surface area (Å²) in [7, 11) is 0. The van der Waals surface area contributed by atoms with E-state index in [4.69, 9.17) is 10.5 Å². The topological polar surface area (TPSA) is 55.6 Å². The first-order chi connectivity index (χ1) is 8.96. The van der Waals surface area contributed by atoms with Crippen LogP contribution in [0.4, 0.5) is 10.5 Å². The Labute approximate surface area is 114 Å². The summed E-state index contributed by atoms with van der Waals surface area (Å²) in [5, 5.41) is 0. The highest BCUT2D eigenvalue weighted by Gasteiger charge is 2.29. The first kappa shape index (κ1) is 13.7. The minimum atomic E-state index is -0.218. The lowest BCUT2D eigenvalue weighted by Gasteiger charge is -2.37. The van der Waals surface area contributed by atoms with Gasteiger partial charge in [0.25, 0.3) is 0 Å². The molecule has 19 heavy (non-hydrogen) atoms. The summed E-state index contributed by atoms with van der Waals surface area (Å²) in [6.07, 6.45) is 1.99. The van der Waals surface area contributed by atoms with Crippen molar-refractivity contribution in [1.82, 2.24) is 4.90 Å². The first-order valence-corrected chi connectivity index (χ1v) is 6.72. The summed E-state index contributed by atoms with van der Waals surface area (Å²) in [6, 6.07) is 7.38. The number of likely N-dealkylation sites (tertiary alicyclic amines) is 1. The molecule has 1 aliphatic rings. The molecular weight excluding hydrogens is 240 g/mol. The van der Waals surface area contributed by atoms with E-state index in [0.29, 0.717) is 12.3 Å². The molecule has 0 unspecified atom stereocenters. The standard InChI is InChI=1S/C15H22N2O2/c1-15(2)8-3-9-17(11-15)14(18)19-10-12-4-6-13(16)7-5-12/h4-7H,3,8-11,16H2,1-2H3. The highest BCUT2D eigenvalue weighted by molar-refractivity contribution is 5.67. The van der Waals surface area contributed by atoms with Crippen LogP contribution >= 0.6 is 0 Å². The number of rotatable bonds is 2. The average Bonchev–Trinajstić information content (AvgIpc) is 2.36. The molecule has 4 nitrogen and oxygen atoms in total. The Morgan fingerprint density at radius 3 is 2.68 bits per heavy atom. The molecule has 0 bridgehead atoms. The average molecular weight is 262 g/mol. The van der Waals surface area contributed by atoms with E-state index in [-0.39, 0.29) is 11.5 Å². The minimum Gasteiger partial charge on any atom is -0.445 e. The van der Waals surface area contributed by atoms with Gasteiger partial charge in [-0.3, -0.25) is 0 Å². The molecule has 0 aromatic heterocycles. The molecule has 1 amide bonds. The molecular formula is C15H22N2O2. The quantitative estimate of drug-likeness (QED) is 0.833. The van der Waals surface area contributed by atoms with Crippen LogP contribution in [0, 0.1) is 5.41 Å². The van der Waals surface area contributed by atoms with Gasteiger partial charge in [0.1, 0.15) is 6.61 Å². The maximum atomic E-state index is 12.0. The smallest absolute Gasteiger partial charge is 0.410 e. The molecule has 2 N–H and O–H groups in total. The van der Waals surface area contributed by atoms with Gasteiger partial charge >= 0.3 is 6.09 Å². The Morgan fingerprint density at radius 2 is 2.05 bits per heavy atom. The van der Waals surface area contributed by atoms with Gasteiger partial charge in [-0.2, -0.15) is 0 Å². The monoisotopic (exact) mass is 262 g/mol. The zero-order valence-electron chi connectivity index (χ0n) is 11.7. The number of piperidine rings is 1. The predicted molar refractivity (Wildman–Crippen MR) is 75.6 cm³/mol. The van der Waals surface area contributed by atoms with E-state index in [1.807, 2.05) is 24.3 Å². The van der Waals surface area contributed by atoms with Gasteiger partial charge in [0.2, 0.25) is 0 Å². The number of nitrogens with zero attached hydrogens (tertiary/aromatic N) is 1. The summed E-state index contributed by atoms with van der Waals surface area (Å²) in [4.78, 5) is 13.8. The van der Waals surface area contributed by atoms with Crippen LogP contribution in [0.25, 0.3) is 0 Å². The summed E-state index contributed by atoms with van der Waals surface area (Å²) in [5.74, 6) is 0. The summed E-state index contributed by atoms with van der Waals surface area (Å²) >= 11 is 0. The third kappa shape index (κ3) is 3.88. The number of benzene rings is 1. The second kappa shape index (κ2) is 5.51. The van der Waals surface area contributed by atoms with Crippen LogP contribution in [-0.2, 0) is 11.3 Å². The Bertz CT molecular complexity index is 440. The lowest BCUT2D eigenvalue weighted by Crippen LogP contribution is -2.43. The van der Waals surface area contributed by atoms with Gasteiger partial charge in [0, 0.05) is 18.8 Å². The van der Waals surface area contributed by atoms with Gasteiger partial charge in [0.15, 0.2) is 0 Å². The molecule has 104 valence electrons. The molecule has 0 spiro atoms. The van der Waals surface area contributed by atoms with Crippen molar-refractivity contribution in [3.63, 3.8) is 0 Å². The van der Waals surface area contributed by atoms with Gasteiger partial charge in [-0.25, -0.2) is 4.79 Å². The van der Waals surface area contributed by atoms with Crippen LogP contribution in [0.3, 0.4) is 0 Å². The molecule has 2 rings (SSSR count). The maximum absolute atomic E-state index is 12.0. The lowest BCUT2D eigenvalue weighted by molar-refractivity contribution is 0.0627. The van der Waals surface area contributed by atoms with Crippen molar-refractivity contribution >= 4 is 11.8 Å². The molecule has 1 heterocycles. The van der Waals surface area contributed by atoms with Crippen LogP contribution in [0.5, 0.6) is 0 Å². The molecule has 0 aliphatic carbocycles. The second-order valence-corrected chi connectivity index (χ2v) is 5.99. The molecule has 4 heteroatoms. The van der Waals surface area contributed by atoms with E-state index in [2.05, 4.69) is 13.8 Å². The van der Waals surface area contributed by atoms with Crippen LogP contribution < -0.4 is 5.73 Å². The lowest BCUT2D eigenvalue weighted by atomic mass is 9.84. The van der Waals surface area contributed by atoms with E-state index in [1.165, 1.54) is 0 Å². The van der Waals surface area contributed by atoms with E-state index < -0.39 is 0 Å². The Balaban J connectivity index is 1.85. The van der Waals surface area contributed by atoms with E-state index in [0.717, 1.165) is 31.5 Å². The number of carbonyl (C=O) groups is 1. The van der Waals surface area contributed by atoms with Crippen molar-refractivity contribution < 1.29 is 9.53 Å². The number of hydrogen-bond acceptors (Lipinski definition) is 3. The number of ether oxygens (including phenoxy) is 1. The maximum Gasteiger partial charge on any atom is 0.410 e. The number of carbonyl (C=O) groups excluding carboxylic acids is 1. The Hall–Kier alpha value is -1.71. The fourth-order valence-corrected chi connectivity index (χ4v) is 2.43. The fraction of sp³-hybridized carbons (Fsp3) is 0.533. The number of nitrogens with two attached hydrogens (primary N) is 1. The second-order valence-electron chi connectivity index (χ2n) is 5.99. The molecule has 1 aromatic carbocycles. The Kier molecular flexibility index (Phi) is 3.98. The van der Waals surface area contributed by atoms with Crippen LogP contribution in [0.1, 0.15) is 32.3 Å². The van der Waals surface area contributed by atoms with Crippen molar-refractivity contribution in [2.45, 2.75) is 33.3 Å². The molecule has 1 aromatic rings. The summed E-state index contributed by atoms with van der Waals surface area (Å²) in [6.45, 7) is 6.24. The third-order valence-electron chi connectivity index (χ3n) is 3.50.